The molecule has 1 N–H and O–H groups in total. The van der Waals surface area contributed by atoms with Crippen LogP contribution in [0.3, 0.4) is 0 Å². The minimum Gasteiger partial charge on any atom is -0.383 e. The van der Waals surface area contributed by atoms with Gasteiger partial charge in [0.1, 0.15) is 5.82 Å². The van der Waals surface area contributed by atoms with E-state index in [-0.39, 0.29) is 11.9 Å². The Morgan fingerprint density at radius 1 is 1.59 bits per heavy atom. The van der Waals surface area contributed by atoms with Crippen LogP contribution in [0.5, 0.6) is 0 Å². The minimum absolute atomic E-state index is 0.0384. The third kappa shape index (κ3) is 3.42. The van der Waals surface area contributed by atoms with E-state index in [0.29, 0.717) is 12.2 Å². The number of methoxy groups -OCH3 is 1. The maximum absolute atomic E-state index is 12.1. The molecule has 0 radical (unpaired) electrons. The van der Waals surface area contributed by atoms with Crippen LogP contribution in [0, 0.1) is 0 Å². The van der Waals surface area contributed by atoms with Crippen LogP contribution in [-0.4, -0.2) is 49.6 Å². The van der Waals surface area contributed by atoms with Crippen molar-refractivity contribution in [1.29, 1.82) is 0 Å². The summed E-state index contributed by atoms with van der Waals surface area (Å²) < 4.78 is 5.03. The number of pyridine rings is 1. The van der Waals surface area contributed by atoms with E-state index in [1.54, 1.807) is 44.4 Å². The molecule has 0 saturated heterocycles. The molecule has 1 aromatic heterocycles. The first-order chi connectivity index (χ1) is 8.10. The summed E-state index contributed by atoms with van der Waals surface area (Å²) in [6.45, 7) is 2.46. The predicted octanol–water partition coefficient (Wildman–Crippen LogP) is 1.23. The molecule has 0 aliphatic carbocycles. The van der Waals surface area contributed by atoms with Crippen LogP contribution in [0.1, 0.15) is 17.3 Å². The van der Waals surface area contributed by atoms with Crippen molar-refractivity contribution >= 4 is 11.7 Å². The Bertz CT molecular complexity index is 365. The van der Waals surface area contributed by atoms with Crippen molar-refractivity contribution in [2.45, 2.75) is 13.0 Å². The number of likely N-dealkylation sites (N-methyl/N-ethyl adjacent to an activating group) is 1. The highest BCUT2D eigenvalue weighted by Crippen LogP contribution is 2.08. The van der Waals surface area contributed by atoms with Gasteiger partial charge >= 0.3 is 0 Å². The van der Waals surface area contributed by atoms with Gasteiger partial charge in [-0.1, -0.05) is 0 Å². The normalized spacial score (nSPS) is 12.0. The summed E-state index contributed by atoms with van der Waals surface area (Å²) in [7, 11) is 5.17. The predicted molar refractivity (Wildman–Crippen MR) is 67.2 cm³/mol. The molecule has 5 heteroatoms. The number of carbonyl (C=O) groups excluding carboxylic acids is 1. The highest BCUT2D eigenvalue weighted by Gasteiger charge is 2.17. The molecule has 0 fully saturated rings. The van der Waals surface area contributed by atoms with Crippen LogP contribution >= 0.6 is 0 Å². The molecule has 1 atom stereocenters. The third-order valence-corrected chi connectivity index (χ3v) is 2.66. The van der Waals surface area contributed by atoms with E-state index < -0.39 is 0 Å². The second-order valence-electron chi connectivity index (χ2n) is 3.90. The molecule has 0 bridgehead atoms. The van der Waals surface area contributed by atoms with Gasteiger partial charge in [-0.3, -0.25) is 4.79 Å². The molecule has 1 amide bonds. The number of rotatable bonds is 5. The van der Waals surface area contributed by atoms with E-state index in [1.165, 1.54) is 0 Å². The average molecular weight is 237 g/mol. The first-order valence-electron chi connectivity index (χ1n) is 5.50. The SMILES string of the molecule is CNc1ccc(C(=O)N(C)C(C)COC)cn1. The molecule has 1 heterocycles. The number of ether oxygens (including phenoxy) is 1. The molecule has 0 aromatic carbocycles. The highest BCUT2D eigenvalue weighted by molar-refractivity contribution is 5.94. The van der Waals surface area contributed by atoms with Crippen LogP contribution in [0.25, 0.3) is 0 Å². The Labute approximate surface area is 102 Å². The van der Waals surface area contributed by atoms with Gasteiger partial charge in [-0.05, 0) is 19.1 Å². The summed E-state index contributed by atoms with van der Waals surface area (Å²) in [5.41, 5.74) is 0.578. The van der Waals surface area contributed by atoms with Gasteiger partial charge in [0.2, 0.25) is 0 Å². The van der Waals surface area contributed by atoms with Gasteiger partial charge in [0.05, 0.1) is 18.2 Å². The van der Waals surface area contributed by atoms with E-state index in [2.05, 4.69) is 10.3 Å². The van der Waals surface area contributed by atoms with Crippen molar-refractivity contribution in [3.05, 3.63) is 23.9 Å². The minimum atomic E-state index is -0.0512. The number of carbonyl (C=O) groups is 1. The summed E-state index contributed by atoms with van der Waals surface area (Å²) >= 11 is 0. The van der Waals surface area contributed by atoms with Gasteiger partial charge in [-0.15, -0.1) is 0 Å². The number of hydrogen-bond donors (Lipinski definition) is 1. The van der Waals surface area contributed by atoms with Gasteiger partial charge in [0.25, 0.3) is 5.91 Å². The molecule has 1 unspecified atom stereocenters. The Morgan fingerprint density at radius 3 is 2.76 bits per heavy atom. The maximum Gasteiger partial charge on any atom is 0.255 e. The first kappa shape index (κ1) is 13.4. The molecule has 1 rings (SSSR count). The Hall–Kier alpha value is -1.62. The lowest BCUT2D eigenvalue weighted by Gasteiger charge is -2.24. The van der Waals surface area contributed by atoms with E-state index in [4.69, 9.17) is 4.74 Å². The quantitative estimate of drug-likeness (QED) is 0.837. The zero-order valence-corrected chi connectivity index (χ0v) is 10.7. The number of hydrogen-bond acceptors (Lipinski definition) is 4. The van der Waals surface area contributed by atoms with Gasteiger partial charge < -0.3 is 15.0 Å². The first-order valence-corrected chi connectivity index (χ1v) is 5.50. The van der Waals surface area contributed by atoms with Crippen LogP contribution in [-0.2, 0) is 4.74 Å². The molecule has 17 heavy (non-hydrogen) atoms. The molecule has 0 aliphatic rings. The van der Waals surface area contributed by atoms with Crippen molar-refractivity contribution in [2.75, 3.05) is 33.1 Å². The highest BCUT2D eigenvalue weighted by atomic mass is 16.5. The van der Waals surface area contributed by atoms with E-state index in [0.717, 1.165) is 5.82 Å². The molecule has 94 valence electrons. The number of anilines is 1. The second-order valence-corrected chi connectivity index (χ2v) is 3.90. The largest absolute Gasteiger partial charge is 0.383 e. The summed E-state index contributed by atoms with van der Waals surface area (Å²) in [4.78, 5) is 17.8. The Kier molecular flexibility index (Phi) is 4.90. The van der Waals surface area contributed by atoms with Gasteiger partial charge in [-0.2, -0.15) is 0 Å². The second kappa shape index (κ2) is 6.20. The third-order valence-electron chi connectivity index (χ3n) is 2.66. The van der Waals surface area contributed by atoms with Gasteiger partial charge in [-0.25, -0.2) is 4.98 Å². The van der Waals surface area contributed by atoms with Gasteiger partial charge in [0.15, 0.2) is 0 Å². The van der Waals surface area contributed by atoms with E-state index in [9.17, 15) is 4.79 Å². The lowest BCUT2D eigenvalue weighted by molar-refractivity contribution is 0.0633. The monoisotopic (exact) mass is 237 g/mol. The standard InChI is InChI=1S/C12H19N3O2/c1-9(8-17-4)15(3)12(16)10-5-6-11(13-2)14-7-10/h5-7,9H,8H2,1-4H3,(H,13,14). The topological polar surface area (TPSA) is 54.5 Å². The molecule has 5 nitrogen and oxygen atoms in total. The Morgan fingerprint density at radius 2 is 2.29 bits per heavy atom. The van der Waals surface area contributed by atoms with Crippen molar-refractivity contribution in [2.24, 2.45) is 0 Å². The molecular weight excluding hydrogens is 218 g/mol. The smallest absolute Gasteiger partial charge is 0.255 e. The lowest BCUT2D eigenvalue weighted by Crippen LogP contribution is -2.37. The fraction of sp³-hybridized carbons (Fsp3) is 0.500. The zero-order chi connectivity index (χ0) is 12.8. The fourth-order valence-corrected chi connectivity index (χ4v) is 1.43. The molecule has 0 aliphatic heterocycles. The van der Waals surface area contributed by atoms with Crippen LogP contribution in [0.4, 0.5) is 5.82 Å². The maximum atomic E-state index is 12.1. The van der Waals surface area contributed by atoms with Crippen molar-refractivity contribution in [1.82, 2.24) is 9.88 Å². The van der Waals surface area contributed by atoms with Crippen LogP contribution in [0.2, 0.25) is 0 Å². The lowest BCUT2D eigenvalue weighted by atomic mass is 10.2. The van der Waals surface area contributed by atoms with Gasteiger partial charge in [0, 0.05) is 27.4 Å². The molecular formula is C12H19N3O2. The molecule has 1 aromatic rings. The molecule has 0 spiro atoms. The summed E-state index contributed by atoms with van der Waals surface area (Å²) in [5, 5.41) is 2.91. The van der Waals surface area contributed by atoms with Crippen molar-refractivity contribution in [3.63, 3.8) is 0 Å². The zero-order valence-electron chi connectivity index (χ0n) is 10.7. The Balaban J connectivity index is 2.74. The van der Waals surface area contributed by atoms with Crippen LogP contribution < -0.4 is 5.32 Å². The number of aromatic nitrogens is 1. The van der Waals surface area contributed by atoms with Crippen LogP contribution in [0.15, 0.2) is 18.3 Å². The number of nitrogens with one attached hydrogen (secondary N) is 1. The van der Waals surface area contributed by atoms with Crippen molar-refractivity contribution in [3.8, 4) is 0 Å². The number of amides is 1. The van der Waals surface area contributed by atoms with Crippen molar-refractivity contribution < 1.29 is 9.53 Å². The molecule has 0 saturated carbocycles. The fourth-order valence-electron chi connectivity index (χ4n) is 1.43. The summed E-state index contributed by atoms with van der Waals surface area (Å²) in [6.07, 6.45) is 1.57. The van der Waals surface area contributed by atoms with E-state index in [1.807, 2.05) is 6.92 Å². The number of nitrogens with zero attached hydrogens (tertiary/aromatic N) is 2. The summed E-state index contributed by atoms with van der Waals surface area (Å²) in [5.74, 6) is 0.693. The average Bonchev–Trinajstić information content (AvgIpc) is 2.37. The van der Waals surface area contributed by atoms with E-state index >= 15 is 0 Å². The summed E-state index contributed by atoms with van der Waals surface area (Å²) in [6, 6.07) is 3.58.